The molecular weight excluding hydrogens is 449 g/mol. The number of hydrogen-bond acceptors (Lipinski definition) is 5. The third-order valence-corrected chi connectivity index (χ3v) is 3.53. The van der Waals surface area contributed by atoms with Crippen molar-refractivity contribution in [3.8, 4) is 17.2 Å². The Labute approximate surface area is 173 Å². The highest BCUT2D eigenvalue weighted by molar-refractivity contribution is 14.0. The topological polar surface area (TPSA) is 73.3 Å². The molecule has 8 heteroatoms. The van der Waals surface area contributed by atoms with E-state index in [0.717, 1.165) is 24.5 Å². The number of ether oxygens (including phenoxy) is 4. The lowest BCUT2D eigenvalue weighted by atomic mass is 10.1. The zero-order valence-corrected chi connectivity index (χ0v) is 18.7. The number of hydrogen-bond donors (Lipinski definition) is 2. The fraction of sp³-hybridized carbons (Fsp3) is 0.611. The second-order valence-electron chi connectivity index (χ2n) is 5.13. The summed E-state index contributed by atoms with van der Waals surface area (Å²) < 4.78 is 21.6. The van der Waals surface area contributed by atoms with Crippen LogP contribution in [0, 0.1) is 0 Å². The number of guanidine groups is 1. The van der Waals surface area contributed by atoms with Crippen LogP contribution in [0.25, 0.3) is 0 Å². The van der Waals surface area contributed by atoms with E-state index in [1.165, 1.54) is 0 Å². The standard InChI is InChI=1S/C18H31N3O4.HI/c1-6-19-18(21-12-13-25-7-2)20-11-10-14-8-9-15(22-3)17(24-5)16(14)23-4;/h8-9H,6-7,10-13H2,1-5H3,(H2,19,20,21);1H. The Morgan fingerprint density at radius 1 is 1.00 bits per heavy atom. The van der Waals surface area contributed by atoms with Gasteiger partial charge in [0.05, 0.1) is 34.5 Å². The third-order valence-electron chi connectivity index (χ3n) is 3.53. The molecular formula is C18H32IN3O4. The number of rotatable bonds is 11. The lowest BCUT2D eigenvalue weighted by molar-refractivity contribution is 0.155. The Kier molecular flexibility index (Phi) is 13.9. The fourth-order valence-electron chi connectivity index (χ4n) is 2.38. The van der Waals surface area contributed by atoms with Crippen molar-refractivity contribution in [1.82, 2.24) is 10.6 Å². The van der Waals surface area contributed by atoms with Crippen LogP contribution >= 0.6 is 24.0 Å². The molecule has 1 aromatic carbocycles. The Balaban J connectivity index is 0.00000625. The number of halogens is 1. The van der Waals surface area contributed by atoms with Gasteiger partial charge in [0.1, 0.15) is 0 Å². The van der Waals surface area contributed by atoms with Gasteiger partial charge < -0.3 is 29.6 Å². The van der Waals surface area contributed by atoms with Crippen molar-refractivity contribution >= 4 is 29.9 Å². The number of nitrogens with one attached hydrogen (secondary N) is 2. The van der Waals surface area contributed by atoms with Crippen LogP contribution in [0.2, 0.25) is 0 Å². The van der Waals surface area contributed by atoms with Crippen molar-refractivity contribution in [2.45, 2.75) is 20.3 Å². The molecule has 0 aliphatic rings. The zero-order chi connectivity index (χ0) is 18.5. The minimum absolute atomic E-state index is 0. The summed E-state index contributed by atoms with van der Waals surface area (Å²) in [4.78, 5) is 4.48. The molecule has 7 nitrogen and oxygen atoms in total. The molecule has 0 amide bonds. The molecule has 0 radical (unpaired) electrons. The molecule has 0 aromatic heterocycles. The molecule has 150 valence electrons. The first kappa shape index (κ1) is 24.6. The summed E-state index contributed by atoms with van der Waals surface area (Å²) in [5.41, 5.74) is 1.04. The SMILES string of the molecule is CCNC(=NCCOCC)NCCc1ccc(OC)c(OC)c1OC.I. The summed E-state index contributed by atoms with van der Waals surface area (Å²) in [6.07, 6.45) is 0.763. The molecule has 26 heavy (non-hydrogen) atoms. The average Bonchev–Trinajstić information content (AvgIpc) is 2.64. The molecule has 0 saturated heterocycles. The first-order valence-electron chi connectivity index (χ1n) is 8.59. The van der Waals surface area contributed by atoms with Gasteiger partial charge in [0.15, 0.2) is 17.5 Å². The van der Waals surface area contributed by atoms with Crippen LogP contribution in [0.3, 0.4) is 0 Å². The lowest BCUT2D eigenvalue weighted by Gasteiger charge is -2.16. The predicted molar refractivity (Wildman–Crippen MR) is 116 cm³/mol. The second-order valence-corrected chi connectivity index (χ2v) is 5.13. The molecule has 0 aliphatic carbocycles. The Bertz CT molecular complexity index is 541. The molecule has 0 fully saturated rings. The first-order valence-corrected chi connectivity index (χ1v) is 8.59. The molecule has 0 unspecified atom stereocenters. The minimum Gasteiger partial charge on any atom is -0.493 e. The Morgan fingerprint density at radius 3 is 2.31 bits per heavy atom. The molecule has 0 heterocycles. The summed E-state index contributed by atoms with van der Waals surface area (Å²) in [7, 11) is 4.85. The maximum Gasteiger partial charge on any atom is 0.203 e. The summed E-state index contributed by atoms with van der Waals surface area (Å²) in [6.45, 7) is 7.49. The van der Waals surface area contributed by atoms with Crippen molar-refractivity contribution in [2.24, 2.45) is 4.99 Å². The largest absolute Gasteiger partial charge is 0.493 e. The second kappa shape index (κ2) is 14.7. The van der Waals surface area contributed by atoms with E-state index in [4.69, 9.17) is 18.9 Å². The van der Waals surface area contributed by atoms with Gasteiger partial charge in [-0.2, -0.15) is 0 Å². The smallest absolute Gasteiger partial charge is 0.203 e. The van der Waals surface area contributed by atoms with E-state index < -0.39 is 0 Å². The summed E-state index contributed by atoms with van der Waals surface area (Å²) in [6, 6.07) is 3.87. The lowest BCUT2D eigenvalue weighted by Crippen LogP contribution is -2.38. The molecule has 0 spiro atoms. The van der Waals surface area contributed by atoms with Gasteiger partial charge in [0.2, 0.25) is 5.75 Å². The fourth-order valence-corrected chi connectivity index (χ4v) is 2.38. The van der Waals surface area contributed by atoms with Crippen molar-refractivity contribution in [3.05, 3.63) is 17.7 Å². The van der Waals surface area contributed by atoms with E-state index in [1.54, 1.807) is 21.3 Å². The predicted octanol–water partition coefficient (Wildman–Crippen LogP) is 2.46. The van der Waals surface area contributed by atoms with Crippen LogP contribution < -0.4 is 24.8 Å². The van der Waals surface area contributed by atoms with E-state index in [0.29, 0.717) is 43.6 Å². The quantitative estimate of drug-likeness (QED) is 0.219. The van der Waals surface area contributed by atoms with Crippen molar-refractivity contribution < 1.29 is 18.9 Å². The molecule has 1 aromatic rings. The van der Waals surface area contributed by atoms with Crippen LogP contribution in [0.5, 0.6) is 17.2 Å². The summed E-state index contributed by atoms with van der Waals surface area (Å²) in [5, 5.41) is 6.54. The van der Waals surface area contributed by atoms with Gasteiger partial charge in [0, 0.05) is 25.3 Å². The van der Waals surface area contributed by atoms with Gasteiger partial charge in [-0.15, -0.1) is 24.0 Å². The maximum absolute atomic E-state index is 5.51. The van der Waals surface area contributed by atoms with Gasteiger partial charge in [-0.25, -0.2) is 0 Å². The van der Waals surface area contributed by atoms with E-state index in [9.17, 15) is 0 Å². The van der Waals surface area contributed by atoms with Crippen LogP contribution in [-0.2, 0) is 11.2 Å². The summed E-state index contributed by atoms with van der Waals surface area (Å²) >= 11 is 0. The van der Waals surface area contributed by atoms with Gasteiger partial charge >= 0.3 is 0 Å². The van der Waals surface area contributed by atoms with Crippen LogP contribution in [0.4, 0.5) is 0 Å². The van der Waals surface area contributed by atoms with Crippen molar-refractivity contribution in [2.75, 3.05) is 54.2 Å². The van der Waals surface area contributed by atoms with Crippen molar-refractivity contribution in [1.29, 1.82) is 0 Å². The van der Waals surface area contributed by atoms with E-state index in [-0.39, 0.29) is 24.0 Å². The average molecular weight is 481 g/mol. The van der Waals surface area contributed by atoms with E-state index >= 15 is 0 Å². The van der Waals surface area contributed by atoms with Gasteiger partial charge in [0.25, 0.3) is 0 Å². The Morgan fingerprint density at radius 2 is 1.73 bits per heavy atom. The van der Waals surface area contributed by atoms with Crippen LogP contribution in [-0.4, -0.2) is 60.1 Å². The molecule has 0 atom stereocenters. The number of nitrogens with zero attached hydrogens (tertiary/aromatic N) is 1. The van der Waals surface area contributed by atoms with Crippen LogP contribution in [0.1, 0.15) is 19.4 Å². The number of benzene rings is 1. The summed E-state index contributed by atoms with van der Waals surface area (Å²) in [5.74, 6) is 2.74. The minimum atomic E-state index is 0. The van der Waals surface area contributed by atoms with Crippen LogP contribution in [0.15, 0.2) is 17.1 Å². The first-order chi connectivity index (χ1) is 12.2. The highest BCUT2D eigenvalue weighted by Crippen LogP contribution is 2.39. The molecule has 1 rings (SSSR count). The van der Waals surface area contributed by atoms with Crippen molar-refractivity contribution in [3.63, 3.8) is 0 Å². The van der Waals surface area contributed by atoms with Gasteiger partial charge in [-0.3, -0.25) is 4.99 Å². The number of aliphatic imine (C=N–C) groups is 1. The van der Waals surface area contributed by atoms with Gasteiger partial charge in [-0.1, -0.05) is 6.07 Å². The van der Waals surface area contributed by atoms with E-state index in [2.05, 4.69) is 15.6 Å². The monoisotopic (exact) mass is 481 g/mol. The normalized spacial score (nSPS) is 10.7. The molecule has 0 aliphatic heterocycles. The highest BCUT2D eigenvalue weighted by atomic mass is 127. The van der Waals surface area contributed by atoms with Gasteiger partial charge in [-0.05, 0) is 26.3 Å². The zero-order valence-electron chi connectivity index (χ0n) is 16.4. The molecule has 0 saturated carbocycles. The van der Waals surface area contributed by atoms with E-state index in [1.807, 2.05) is 26.0 Å². The Hall–Kier alpha value is -1.42. The number of methoxy groups -OCH3 is 3. The third kappa shape index (κ3) is 7.86. The highest BCUT2D eigenvalue weighted by Gasteiger charge is 2.15. The molecule has 2 N–H and O–H groups in total. The molecule has 0 bridgehead atoms. The maximum atomic E-state index is 5.51.